The van der Waals surface area contributed by atoms with E-state index in [0.29, 0.717) is 16.8 Å². The fraction of sp³-hybridized carbons (Fsp3) is 0. The maximum Gasteiger partial charge on any atom is 0.371 e. The van der Waals surface area contributed by atoms with Crippen LogP contribution in [0.5, 0.6) is 0 Å². The Bertz CT molecular complexity index is 581. The zero-order valence-electron chi connectivity index (χ0n) is 8.14. The predicted octanol–water partition coefficient (Wildman–Crippen LogP) is 1.65. The summed E-state index contributed by atoms with van der Waals surface area (Å²) in [6.07, 6.45) is 1.40. The third-order valence-electron chi connectivity index (χ3n) is 2.12. The molecule has 0 spiro atoms. The maximum absolute atomic E-state index is 10.6. The summed E-state index contributed by atoms with van der Waals surface area (Å²) in [6, 6.07) is 8.96. The molecule has 5 heteroatoms. The molecular weight excluding hydrogens is 206 g/mol. The van der Waals surface area contributed by atoms with Gasteiger partial charge >= 0.3 is 5.97 Å². The molecule has 0 unspecified atom stereocenters. The Balaban J connectivity index is 2.51. The number of hydrogen-bond acceptors (Lipinski definition) is 3. The van der Waals surface area contributed by atoms with Crippen LogP contribution in [0.15, 0.2) is 30.5 Å². The van der Waals surface area contributed by atoms with E-state index in [1.165, 1.54) is 6.20 Å². The monoisotopic (exact) mass is 213 g/mol. The quantitative estimate of drug-likeness (QED) is 0.793. The van der Waals surface area contributed by atoms with E-state index in [-0.39, 0.29) is 5.82 Å². The van der Waals surface area contributed by atoms with Crippen molar-refractivity contribution in [3.05, 3.63) is 41.9 Å². The van der Waals surface area contributed by atoms with Crippen LogP contribution in [0.4, 0.5) is 0 Å². The number of nitriles is 1. The van der Waals surface area contributed by atoms with Crippen molar-refractivity contribution < 1.29 is 9.90 Å². The Morgan fingerprint density at radius 1 is 1.44 bits per heavy atom. The van der Waals surface area contributed by atoms with Crippen LogP contribution >= 0.6 is 0 Å². The average Bonchev–Trinajstić information content (AvgIpc) is 2.78. The van der Waals surface area contributed by atoms with Crippen molar-refractivity contribution in [1.29, 1.82) is 5.26 Å². The largest absolute Gasteiger partial charge is 0.475 e. The molecule has 1 aromatic heterocycles. The molecule has 0 aliphatic heterocycles. The standard InChI is InChI=1S/C11H7N3O2/c12-5-7-3-1-2-4-8(7)9-6-13-10(14-9)11(15)16/h1-4,6H,(H,13,14)(H,15,16). The molecular formula is C11H7N3O2. The van der Waals surface area contributed by atoms with Gasteiger partial charge in [0.25, 0.3) is 0 Å². The summed E-state index contributed by atoms with van der Waals surface area (Å²) < 4.78 is 0. The fourth-order valence-corrected chi connectivity index (χ4v) is 1.38. The van der Waals surface area contributed by atoms with Gasteiger partial charge < -0.3 is 10.1 Å². The van der Waals surface area contributed by atoms with Gasteiger partial charge in [-0.15, -0.1) is 0 Å². The third kappa shape index (κ3) is 1.64. The highest BCUT2D eigenvalue weighted by molar-refractivity contribution is 5.84. The molecule has 16 heavy (non-hydrogen) atoms. The van der Waals surface area contributed by atoms with Crippen LogP contribution in [0.3, 0.4) is 0 Å². The number of aromatic carboxylic acids is 1. The van der Waals surface area contributed by atoms with Crippen molar-refractivity contribution in [2.45, 2.75) is 0 Å². The Hall–Kier alpha value is -2.61. The lowest BCUT2D eigenvalue weighted by molar-refractivity contribution is 0.0685. The number of carboxylic acids is 1. The number of carbonyl (C=O) groups is 1. The Morgan fingerprint density at radius 2 is 2.19 bits per heavy atom. The second-order valence-corrected chi connectivity index (χ2v) is 3.11. The van der Waals surface area contributed by atoms with Crippen LogP contribution in [0.2, 0.25) is 0 Å². The summed E-state index contributed by atoms with van der Waals surface area (Å²) in [5.41, 5.74) is 1.64. The van der Waals surface area contributed by atoms with Crippen molar-refractivity contribution in [3.63, 3.8) is 0 Å². The zero-order valence-corrected chi connectivity index (χ0v) is 8.14. The van der Waals surface area contributed by atoms with Gasteiger partial charge in [-0.1, -0.05) is 18.2 Å². The summed E-state index contributed by atoms with van der Waals surface area (Å²) in [4.78, 5) is 17.0. The molecule has 2 N–H and O–H groups in total. The number of hydrogen-bond donors (Lipinski definition) is 2. The van der Waals surface area contributed by atoms with E-state index >= 15 is 0 Å². The van der Waals surface area contributed by atoms with Gasteiger partial charge in [0.15, 0.2) is 0 Å². The first-order valence-electron chi connectivity index (χ1n) is 4.50. The lowest BCUT2D eigenvalue weighted by Crippen LogP contribution is -1.98. The fourth-order valence-electron chi connectivity index (χ4n) is 1.38. The molecule has 2 rings (SSSR count). The van der Waals surface area contributed by atoms with Crippen molar-refractivity contribution in [1.82, 2.24) is 9.97 Å². The first-order chi connectivity index (χ1) is 7.72. The second kappa shape index (κ2) is 3.87. The van der Waals surface area contributed by atoms with Crippen LogP contribution in [0.1, 0.15) is 16.2 Å². The molecule has 1 aromatic carbocycles. The maximum atomic E-state index is 10.6. The molecule has 1 heterocycles. The zero-order chi connectivity index (χ0) is 11.5. The summed E-state index contributed by atoms with van der Waals surface area (Å²) in [5.74, 6) is -1.26. The number of H-pyrrole nitrogens is 1. The minimum absolute atomic E-state index is 0.136. The van der Waals surface area contributed by atoms with Crippen molar-refractivity contribution >= 4 is 5.97 Å². The number of aromatic nitrogens is 2. The molecule has 0 aliphatic rings. The first kappa shape index (κ1) is 9.93. The van der Waals surface area contributed by atoms with Crippen LogP contribution < -0.4 is 0 Å². The van der Waals surface area contributed by atoms with E-state index in [4.69, 9.17) is 10.4 Å². The number of carboxylic acid groups (broad SMARTS) is 1. The van der Waals surface area contributed by atoms with E-state index in [9.17, 15) is 4.79 Å². The van der Waals surface area contributed by atoms with Crippen molar-refractivity contribution in [3.8, 4) is 17.3 Å². The van der Waals surface area contributed by atoms with Crippen molar-refractivity contribution in [2.75, 3.05) is 0 Å². The molecule has 78 valence electrons. The lowest BCUT2D eigenvalue weighted by atomic mass is 10.1. The molecule has 0 saturated heterocycles. The number of aromatic amines is 1. The van der Waals surface area contributed by atoms with Crippen LogP contribution in [0, 0.1) is 11.3 Å². The second-order valence-electron chi connectivity index (χ2n) is 3.11. The number of benzene rings is 1. The molecule has 0 saturated carbocycles. The summed E-state index contributed by atoms with van der Waals surface area (Å²) in [7, 11) is 0. The van der Waals surface area contributed by atoms with Gasteiger partial charge in [0.05, 0.1) is 23.5 Å². The molecule has 0 atom stereocenters. The van der Waals surface area contributed by atoms with E-state index in [2.05, 4.69) is 9.97 Å². The van der Waals surface area contributed by atoms with Gasteiger partial charge in [0, 0.05) is 5.56 Å². The Morgan fingerprint density at radius 3 is 2.81 bits per heavy atom. The summed E-state index contributed by atoms with van der Waals surface area (Å²) in [5, 5.41) is 17.6. The number of imidazole rings is 1. The average molecular weight is 213 g/mol. The smallest absolute Gasteiger partial charge is 0.371 e. The van der Waals surface area contributed by atoms with Gasteiger partial charge in [-0.25, -0.2) is 9.78 Å². The minimum Gasteiger partial charge on any atom is -0.475 e. The molecule has 5 nitrogen and oxygen atoms in total. The van der Waals surface area contributed by atoms with Crippen molar-refractivity contribution in [2.24, 2.45) is 0 Å². The van der Waals surface area contributed by atoms with Gasteiger partial charge in [-0.3, -0.25) is 0 Å². The molecule has 0 bridgehead atoms. The molecule has 0 fully saturated rings. The van der Waals surface area contributed by atoms with Crippen LogP contribution in [-0.4, -0.2) is 21.0 Å². The number of nitrogens with one attached hydrogen (secondary N) is 1. The third-order valence-corrected chi connectivity index (χ3v) is 2.12. The first-order valence-corrected chi connectivity index (χ1v) is 4.50. The van der Waals surface area contributed by atoms with E-state index < -0.39 is 5.97 Å². The number of nitrogens with zero attached hydrogens (tertiary/aromatic N) is 2. The Kier molecular flexibility index (Phi) is 2.40. The normalized spacial score (nSPS) is 9.69. The molecule has 2 aromatic rings. The lowest BCUT2D eigenvalue weighted by Gasteiger charge is -1.98. The van der Waals surface area contributed by atoms with Gasteiger partial charge in [0.2, 0.25) is 5.82 Å². The van der Waals surface area contributed by atoms with Crippen LogP contribution in [0.25, 0.3) is 11.3 Å². The van der Waals surface area contributed by atoms with Gasteiger partial charge in [-0.05, 0) is 6.07 Å². The number of rotatable bonds is 2. The summed E-state index contributed by atoms with van der Waals surface area (Å²) >= 11 is 0. The van der Waals surface area contributed by atoms with E-state index in [1.807, 2.05) is 6.07 Å². The molecule has 0 amide bonds. The predicted molar refractivity (Wildman–Crippen MR) is 55.7 cm³/mol. The molecule has 0 aliphatic carbocycles. The highest BCUT2D eigenvalue weighted by atomic mass is 16.4. The topological polar surface area (TPSA) is 89.8 Å². The van der Waals surface area contributed by atoms with E-state index in [1.54, 1.807) is 24.3 Å². The Labute approximate surface area is 91.0 Å². The summed E-state index contributed by atoms with van der Waals surface area (Å²) in [6.45, 7) is 0. The van der Waals surface area contributed by atoms with Gasteiger partial charge in [-0.2, -0.15) is 5.26 Å². The molecule has 0 radical (unpaired) electrons. The van der Waals surface area contributed by atoms with E-state index in [0.717, 1.165) is 0 Å². The van der Waals surface area contributed by atoms with Crippen LogP contribution in [-0.2, 0) is 0 Å². The highest BCUT2D eigenvalue weighted by Gasteiger charge is 2.11. The SMILES string of the molecule is N#Cc1ccccc1-c1cnc(C(=O)O)[nH]1. The van der Waals surface area contributed by atoms with Gasteiger partial charge in [0.1, 0.15) is 0 Å². The minimum atomic E-state index is -1.12. The highest BCUT2D eigenvalue weighted by Crippen LogP contribution is 2.20.